The summed E-state index contributed by atoms with van der Waals surface area (Å²) in [5.41, 5.74) is 10.8. The number of hydrogen-bond acceptors (Lipinski definition) is 0. The van der Waals surface area contributed by atoms with Crippen molar-refractivity contribution in [2.75, 3.05) is 0 Å². The van der Waals surface area contributed by atoms with E-state index >= 15 is 0 Å². The van der Waals surface area contributed by atoms with Crippen LogP contribution in [0.1, 0.15) is 53.6 Å². The van der Waals surface area contributed by atoms with E-state index in [0.717, 1.165) is 6.42 Å². The minimum Gasteiger partial charge on any atom is -1.00 e. The van der Waals surface area contributed by atoms with Gasteiger partial charge in [-0.3, -0.25) is 6.08 Å². The number of rotatable bonds is 4. The predicted molar refractivity (Wildman–Crippen MR) is 142 cm³/mol. The standard InChI is InChI=1S/C31H35Si.3ClH.Ti/c1-20-11-21(2)15-28(14-20)32(31-10-9-26(7)27(31)8,29-16-22(3)12-23(4)17-29)30-18-24(5)13-25(6)19-30;;;;/h11-19H,10H2,1-8H3;3*1H;/q-1;;;;+4/p-3. The average molecular weight is 590 g/mol. The zero-order valence-corrected chi connectivity index (χ0v) is 27.4. The molecule has 3 aromatic rings. The SMILES string of the molecule is CC1=[C-]CC([Si](c2cc(C)cc(C)c2)(c2cc(C)cc(C)c2)c2cc(C)cc(C)c2)=C1C.[Cl-].[Cl-].[Cl-].[Ti+4]. The van der Waals surface area contributed by atoms with Crippen molar-refractivity contribution in [3.8, 4) is 0 Å². The van der Waals surface area contributed by atoms with Crippen LogP contribution in [0.5, 0.6) is 0 Å². The first-order valence-electron chi connectivity index (χ1n) is 11.7. The first kappa shape index (κ1) is 34.9. The molecule has 0 saturated carbocycles. The summed E-state index contributed by atoms with van der Waals surface area (Å²) in [6.45, 7) is 18.0. The van der Waals surface area contributed by atoms with E-state index in [1.54, 1.807) is 5.20 Å². The molecular weight excluding hydrogens is 555 g/mol. The van der Waals surface area contributed by atoms with E-state index in [1.807, 2.05) is 0 Å². The van der Waals surface area contributed by atoms with Gasteiger partial charge in [0.25, 0.3) is 0 Å². The Morgan fingerprint density at radius 3 is 1.00 bits per heavy atom. The number of aryl methyl sites for hydroxylation is 6. The number of hydrogen-bond donors (Lipinski definition) is 0. The van der Waals surface area contributed by atoms with Gasteiger partial charge in [-0.25, -0.2) is 11.1 Å². The maximum Gasteiger partial charge on any atom is 4.00 e. The van der Waals surface area contributed by atoms with Crippen LogP contribution in [0, 0.1) is 47.6 Å². The van der Waals surface area contributed by atoms with Gasteiger partial charge in [-0.05, 0) is 57.1 Å². The molecule has 0 saturated heterocycles. The second-order valence-corrected chi connectivity index (χ2v) is 13.8. The Bertz CT molecular complexity index is 1110. The molecule has 5 heteroatoms. The maximum atomic E-state index is 3.70. The second kappa shape index (κ2) is 13.7. The predicted octanol–water partition coefficient (Wildman–Crippen LogP) is -2.97. The molecule has 0 spiro atoms. The molecule has 0 aliphatic heterocycles. The molecule has 1 aliphatic carbocycles. The van der Waals surface area contributed by atoms with Gasteiger partial charge in [0.05, 0.1) is 0 Å². The smallest absolute Gasteiger partial charge is 1.00 e. The van der Waals surface area contributed by atoms with Crippen molar-refractivity contribution in [1.82, 2.24) is 0 Å². The van der Waals surface area contributed by atoms with Gasteiger partial charge in [0.2, 0.25) is 0 Å². The first-order valence-corrected chi connectivity index (χ1v) is 13.7. The fraction of sp³-hybridized carbons (Fsp3) is 0.290. The third-order valence-corrected chi connectivity index (χ3v) is 11.9. The second-order valence-electron chi connectivity index (χ2n) is 9.96. The van der Waals surface area contributed by atoms with Gasteiger partial charge in [0.1, 0.15) is 0 Å². The van der Waals surface area contributed by atoms with Gasteiger partial charge in [-0.15, -0.1) is 13.3 Å². The van der Waals surface area contributed by atoms with Crippen LogP contribution in [-0.4, -0.2) is 8.07 Å². The van der Waals surface area contributed by atoms with E-state index in [4.69, 9.17) is 0 Å². The van der Waals surface area contributed by atoms with E-state index in [2.05, 4.69) is 116 Å². The Balaban J connectivity index is 0.00000306. The van der Waals surface area contributed by atoms with Crippen LogP contribution in [0.4, 0.5) is 0 Å². The van der Waals surface area contributed by atoms with E-state index < -0.39 is 8.07 Å². The van der Waals surface area contributed by atoms with Gasteiger partial charge in [0, 0.05) is 0 Å². The summed E-state index contributed by atoms with van der Waals surface area (Å²) in [5, 5.41) is 6.08. The van der Waals surface area contributed by atoms with Gasteiger partial charge in [-0.2, -0.15) is 5.20 Å². The molecule has 0 amide bonds. The number of benzene rings is 3. The van der Waals surface area contributed by atoms with Crippen LogP contribution in [0.2, 0.25) is 0 Å². The molecule has 4 rings (SSSR count). The Morgan fingerprint density at radius 1 is 0.500 bits per heavy atom. The van der Waals surface area contributed by atoms with Crippen molar-refractivity contribution in [2.45, 2.75) is 61.8 Å². The largest absolute Gasteiger partial charge is 4.00 e. The zero-order chi connectivity index (χ0) is 23.2. The molecule has 0 unspecified atom stereocenters. The molecule has 36 heavy (non-hydrogen) atoms. The molecule has 0 bridgehead atoms. The average Bonchev–Trinajstić information content (AvgIpc) is 3.00. The van der Waals surface area contributed by atoms with Crippen LogP contribution in [-0.2, 0) is 21.7 Å². The van der Waals surface area contributed by atoms with E-state index in [9.17, 15) is 0 Å². The number of halogens is 3. The third kappa shape index (κ3) is 6.49. The minimum atomic E-state index is -2.49. The Hall–Kier alpha value is -1.06. The molecule has 188 valence electrons. The van der Waals surface area contributed by atoms with Crippen molar-refractivity contribution in [3.05, 3.63) is 110 Å². The molecular formula is C31H35Cl3SiTi. The summed E-state index contributed by atoms with van der Waals surface area (Å²) < 4.78 is 0. The molecule has 0 radical (unpaired) electrons. The fourth-order valence-corrected chi connectivity index (χ4v) is 11.5. The van der Waals surface area contributed by atoms with Gasteiger partial charge < -0.3 is 37.2 Å². The summed E-state index contributed by atoms with van der Waals surface area (Å²) in [7, 11) is -2.49. The van der Waals surface area contributed by atoms with Crippen LogP contribution >= 0.6 is 0 Å². The first-order chi connectivity index (χ1) is 15.1. The third-order valence-electron chi connectivity index (χ3n) is 6.96. The van der Waals surface area contributed by atoms with Crippen molar-refractivity contribution in [2.24, 2.45) is 0 Å². The van der Waals surface area contributed by atoms with Gasteiger partial charge in [0.15, 0.2) is 8.07 Å². The van der Waals surface area contributed by atoms with Crippen molar-refractivity contribution < 1.29 is 58.9 Å². The van der Waals surface area contributed by atoms with Gasteiger partial charge in [-0.1, -0.05) is 94.9 Å². The molecule has 1 aliphatic rings. The van der Waals surface area contributed by atoms with Crippen LogP contribution in [0.25, 0.3) is 0 Å². The quantitative estimate of drug-likeness (QED) is 0.173. The fourth-order valence-electron chi connectivity index (χ4n) is 5.72. The summed E-state index contributed by atoms with van der Waals surface area (Å²) in [4.78, 5) is 0. The molecule has 0 aromatic heterocycles. The molecule has 0 fully saturated rings. The molecule has 0 nitrogen and oxygen atoms in total. The minimum absolute atomic E-state index is 0. The van der Waals surface area contributed by atoms with Gasteiger partial charge >= 0.3 is 21.7 Å². The van der Waals surface area contributed by atoms with Crippen molar-refractivity contribution in [3.63, 3.8) is 0 Å². The van der Waals surface area contributed by atoms with Crippen molar-refractivity contribution >= 4 is 23.6 Å². The van der Waals surface area contributed by atoms with E-state index in [1.165, 1.54) is 60.1 Å². The van der Waals surface area contributed by atoms with E-state index in [0.29, 0.717) is 0 Å². The molecule has 3 aromatic carbocycles. The Kier molecular flexibility index (Phi) is 13.3. The summed E-state index contributed by atoms with van der Waals surface area (Å²) in [6.07, 6.45) is 4.63. The van der Waals surface area contributed by atoms with Crippen LogP contribution < -0.4 is 52.8 Å². The summed E-state index contributed by atoms with van der Waals surface area (Å²) in [6, 6.07) is 21.7. The molecule has 0 heterocycles. The monoisotopic (exact) mass is 588 g/mol. The van der Waals surface area contributed by atoms with Crippen molar-refractivity contribution in [1.29, 1.82) is 0 Å². The maximum absolute atomic E-state index is 3.70. The van der Waals surface area contributed by atoms with Crippen LogP contribution in [0.3, 0.4) is 0 Å². The summed E-state index contributed by atoms with van der Waals surface area (Å²) >= 11 is 0. The summed E-state index contributed by atoms with van der Waals surface area (Å²) in [5.74, 6) is 0. The Morgan fingerprint density at radius 2 is 0.778 bits per heavy atom. The topological polar surface area (TPSA) is 0 Å². The molecule has 0 atom stereocenters. The Labute approximate surface area is 253 Å². The van der Waals surface area contributed by atoms with E-state index in [-0.39, 0.29) is 58.9 Å². The zero-order valence-electron chi connectivity index (χ0n) is 22.5. The van der Waals surface area contributed by atoms with Crippen LogP contribution in [0.15, 0.2) is 70.9 Å². The molecule has 0 N–H and O–H groups in total. The normalized spacial score (nSPS) is 12.6. The number of allylic oxidation sites excluding steroid dienone is 4.